The molecule has 0 aromatic heterocycles. The highest BCUT2D eigenvalue weighted by molar-refractivity contribution is 5.85. The summed E-state index contributed by atoms with van der Waals surface area (Å²) in [7, 11) is 3.51. The fraction of sp³-hybridized carbons (Fsp3) is 0.842. The van der Waals surface area contributed by atoms with E-state index in [-0.39, 0.29) is 24.4 Å². The molecule has 0 radical (unpaired) electrons. The number of amides is 2. The van der Waals surface area contributed by atoms with Crippen LogP contribution in [0.2, 0.25) is 0 Å². The minimum absolute atomic E-state index is 0.00437. The van der Waals surface area contributed by atoms with Gasteiger partial charge in [-0.2, -0.15) is 0 Å². The molecule has 27 heavy (non-hydrogen) atoms. The van der Waals surface area contributed by atoms with Crippen molar-refractivity contribution < 1.29 is 9.59 Å². The number of piperazine rings is 1. The van der Waals surface area contributed by atoms with Crippen LogP contribution in [0.15, 0.2) is 4.99 Å². The summed E-state index contributed by atoms with van der Waals surface area (Å²) in [5.41, 5.74) is 0. The first kappa shape index (κ1) is 21.5. The number of hydrogen-bond acceptors (Lipinski definition) is 4. The van der Waals surface area contributed by atoms with Crippen molar-refractivity contribution in [1.29, 1.82) is 0 Å². The molecule has 1 saturated carbocycles. The van der Waals surface area contributed by atoms with Gasteiger partial charge in [0.05, 0.1) is 6.54 Å². The molecule has 154 valence electrons. The van der Waals surface area contributed by atoms with Gasteiger partial charge in [-0.05, 0) is 26.7 Å². The number of carbonyl (C=O) groups excluding carboxylic acids is 2. The van der Waals surface area contributed by atoms with Crippen LogP contribution in [0, 0.1) is 0 Å². The molecular formula is C19H36N6O2. The van der Waals surface area contributed by atoms with Crippen LogP contribution in [-0.4, -0.2) is 97.9 Å². The third-order valence-electron chi connectivity index (χ3n) is 5.04. The smallest absolute Gasteiger partial charge is 0.243 e. The SMILES string of the molecule is CC(C)NC(=O)CN1CCN(C(=NCC(=O)N(C)C)NC2CCCC2)CC1. The standard InChI is InChI=1S/C19H36N6O2/c1-15(2)21-17(26)14-24-9-11-25(12-10-24)19(20-13-18(27)23(3)4)22-16-7-5-6-8-16/h15-16H,5-14H2,1-4H3,(H,20,22)(H,21,26). The average Bonchev–Trinajstić information content (AvgIpc) is 3.11. The van der Waals surface area contributed by atoms with Gasteiger partial charge in [-0.15, -0.1) is 0 Å². The molecule has 0 atom stereocenters. The number of aliphatic imine (C=N–C) groups is 1. The molecule has 8 nitrogen and oxygen atoms in total. The predicted octanol–water partition coefficient (Wildman–Crippen LogP) is 0.105. The summed E-state index contributed by atoms with van der Waals surface area (Å²) in [6, 6.07) is 0.621. The Kier molecular flexibility index (Phi) is 8.34. The van der Waals surface area contributed by atoms with Gasteiger partial charge in [-0.3, -0.25) is 14.5 Å². The summed E-state index contributed by atoms with van der Waals surface area (Å²) < 4.78 is 0. The second kappa shape index (κ2) is 10.5. The summed E-state index contributed by atoms with van der Waals surface area (Å²) in [6.07, 6.45) is 4.83. The lowest BCUT2D eigenvalue weighted by atomic mass is 10.2. The van der Waals surface area contributed by atoms with Gasteiger partial charge in [0.1, 0.15) is 6.54 Å². The maximum atomic E-state index is 12.0. The molecule has 2 amide bonds. The first-order chi connectivity index (χ1) is 12.8. The molecule has 2 aliphatic rings. The summed E-state index contributed by atoms with van der Waals surface area (Å²) in [6.45, 7) is 7.81. The molecule has 2 fully saturated rings. The topological polar surface area (TPSA) is 80.3 Å². The fourth-order valence-electron chi connectivity index (χ4n) is 3.46. The van der Waals surface area contributed by atoms with Crippen molar-refractivity contribution in [3.8, 4) is 0 Å². The van der Waals surface area contributed by atoms with Gasteiger partial charge in [0.2, 0.25) is 11.8 Å². The highest BCUT2D eigenvalue weighted by Crippen LogP contribution is 2.18. The Balaban J connectivity index is 1.90. The van der Waals surface area contributed by atoms with Crippen molar-refractivity contribution in [2.75, 3.05) is 53.4 Å². The van der Waals surface area contributed by atoms with Crippen molar-refractivity contribution in [3.63, 3.8) is 0 Å². The highest BCUT2D eigenvalue weighted by Gasteiger charge is 2.24. The Morgan fingerprint density at radius 1 is 1.11 bits per heavy atom. The third kappa shape index (κ3) is 7.36. The Labute approximate surface area is 163 Å². The molecule has 0 aromatic carbocycles. The minimum Gasteiger partial charge on any atom is -0.353 e. The van der Waals surface area contributed by atoms with E-state index >= 15 is 0 Å². The van der Waals surface area contributed by atoms with E-state index in [2.05, 4.69) is 25.4 Å². The molecule has 1 aliphatic carbocycles. The zero-order valence-electron chi connectivity index (χ0n) is 17.3. The number of nitrogens with one attached hydrogen (secondary N) is 2. The number of rotatable bonds is 6. The summed E-state index contributed by atoms with van der Waals surface area (Å²) in [5, 5.41) is 6.51. The van der Waals surface area contributed by atoms with Gasteiger partial charge < -0.3 is 20.4 Å². The van der Waals surface area contributed by atoms with E-state index in [1.54, 1.807) is 19.0 Å². The van der Waals surface area contributed by atoms with E-state index in [9.17, 15) is 9.59 Å². The predicted molar refractivity (Wildman–Crippen MR) is 108 cm³/mol. The van der Waals surface area contributed by atoms with E-state index in [4.69, 9.17) is 0 Å². The molecule has 2 N–H and O–H groups in total. The lowest BCUT2D eigenvalue weighted by molar-refractivity contribution is -0.127. The normalized spacial score (nSPS) is 19.4. The first-order valence-corrected chi connectivity index (χ1v) is 10.1. The Morgan fingerprint density at radius 3 is 2.30 bits per heavy atom. The van der Waals surface area contributed by atoms with Crippen LogP contribution < -0.4 is 10.6 Å². The zero-order chi connectivity index (χ0) is 19.8. The van der Waals surface area contributed by atoms with Crippen molar-refractivity contribution in [3.05, 3.63) is 0 Å². The Bertz CT molecular complexity index is 520. The van der Waals surface area contributed by atoms with Crippen molar-refractivity contribution in [2.24, 2.45) is 4.99 Å². The number of likely N-dealkylation sites (N-methyl/N-ethyl adjacent to an activating group) is 1. The zero-order valence-corrected chi connectivity index (χ0v) is 17.3. The molecular weight excluding hydrogens is 344 g/mol. The van der Waals surface area contributed by atoms with E-state index in [0.717, 1.165) is 45.0 Å². The molecule has 8 heteroatoms. The van der Waals surface area contributed by atoms with Gasteiger partial charge >= 0.3 is 0 Å². The van der Waals surface area contributed by atoms with E-state index in [1.807, 2.05) is 13.8 Å². The molecule has 0 bridgehead atoms. The minimum atomic E-state index is 0.00437. The molecule has 2 rings (SSSR count). The van der Waals surface area contributed by atoms with Crippen LogP contribution in [0.25, 0.3) is 0 Å². The number of nitrogens with zero attached hydrogens (tertiary/aromatic N) is 4. The van der Waals surface area contributed by atoms with Crippen LogP contribution in [0.1, 0.15) is 39.5 Å². The van der Waals surface area contributed by atoms with Crippen molar-refractivity contribution >= 4 is 17.8 Å². The molecule has 0 unspecified atom stereocenters. The van der Waals surface area contributed by atoms with Crippen LogP contribution in [-0.2, 0) is 9.59 Å². The van der Waals surface area contributed by atoms with Crippen molar-refractivity contribution in [1.82, 2.24) is 25.3 Å². The monoisotopic (exact) mass is 380 g/mol. The largest absolute Gasteiger partial charge is 0.353 e. The summed E-state index contributed by atoms with van der Waals surface area (Å²) in [5.74, 6) is 0.918. The van der Waals surface area contributed by atoms with Gasteiger partial charge in [-0.25, -0.2) is 4.99 Å². The lowest BCUT2D eigenvalue weighted by Crippen LogP contribution is -2.55. The molecule has 1 heterocycles. The maximum absolute atomic E-state index is 12.0. The fourth-order valence-corrected chi connectivity index (χ4v) is 3.46. The number of carbonyl (C=O) groups is 2. The van der Waals surface area contributed by atoms with Gasteiger partial charge in [-0.1, -0.05) is 12.8 Å². The van der Waals surface area contributed by atoms with E-state index in [0.29, 0.717) is 12.6 Å². The van der Waals surface area contributed by atoms with Crippen LogP contribution in [0.5, 0.6) is 0 Å². The van der Waals surface area contributed by atoms with Crippen molar-refractivity contribution in [2.45, 2.75) is 51.6 Å². The number of guanidine groups is 1. The second-order valence-electron chi connectivity index (χ2n) is 8.04. The third-order valence-corrected chi connectivity index (χ3v) is 5.04. The van der Waals surface area contributed by atoms with Crippen LogP contribution in [0.4, 0.5) is 0 Å². The van der Waals surface area contributed by atoms with Gasteiger partial charge in [0.25, 0.3) is 0 Å². The van der Waals surface area contributed by atoms with E-state index in [1.165, 1.54) is 12.8 Å². The molecule has 1 aliphatic heterocycles. The number of hydrogen-bond donors (Lipinski definition) is 2. The van der Waals surface area contributed by atoms with Gasteiger partial charge in [0, 0.05) is 52.4 Å². The van der Waals surface area contributed by atoms with Gasteiger partial charge in [0.15, 0.2) is 5.96 Å². The molecule has 0 aromatic rings. The van der Waals surface area contributed by atoms with Crippen LogP contribution >= 0.6 is 0 Å². The average molecular weight is 381 g/mol. The Morgan fingerprint density at radius 2 is 1.74 bits per heavy atom. The highest BCUT2D eigenvalue weighted by atomic mass is 16.2. The maximum Gasteiger partial charge on any atom is 0.243 e. The lowest BCUT2D eigenvalue weighted by Gasteiger charge is -2.37. The summed E-state index contributed by atoms with van der Waals surface area (Å²) in [4.78, 5) is 34.5. The first-order valence-electron chi connectivity index (χ1n) is 10.1. The van der Waals surface area contributed by atoms with E-state index < -0.39 is 0 Å². The second-order valence-corrected chi connectivity index (χ2v) is 8.04. The summed E-state index contributed by atoms with van der Waals surface area (Å²) >= 11 is 0. The Hall–Kier alpha value is -1.83. The quantitative estimate of drug-likeness (QED) is 0.505. The molecule has 1 saturated heterocycles. The molecule has 0 spiro atoms. The van der Waals surface area contributed by atoms with Crippen LogP contribution in [0.3, 0.4) is 0 Å².